The van der Waals surface area contributed by atoms with Gasteiger partial charge in [0, 0.05) is 12.3 Å². The number of nitrogens with zero attached hydrogens (tertiary/aromatic N) is 1. The van der Waals surface area contributed by atoms with Gasteiger partial charge in [-0.2, -0.15) is 0 Å². The Hall–Kier alpha value is -0.263. The number of rotatable bonds is 0. The molecule has 1 unspecified atom stereocenters. The third kappa shape index (κ3) is 1.42. The van der Waals surface area contributed by atoms with Gasteiger partial charge in [0.1, 0.15) is 0 Å². The average molecular weight is 133 g/mol. The fraction of sp³-hybridized carbons (Fsp3) is 0.500. The van der Waals surface area contributed by atoms with E-state index in [9.17, 15) is 9.59 Å². The Morgan fingerprint density at radius 3 is 2.20 bits per heavy atom. The van der Waals surface area contributed by atoms with Crippen LogP contribution in [-0.2, 0) is 9.59 Å². The quantitative estimate of drug-likeness (QED) is 0.203. The first kappa shape index (κ1) is 9.74. The van der Waals surface area contributed by atoms with Crippen LogP contribution in [0.1, 0.15) is 13.3 Å². The second-order valence-electron chi connectivity index (χ2n) is 2.27. The van der Waals surface area contributed by atoms with Gasteiger partial charge in [0.15, 0.2) is 5.91 Å². The van der Waals surface area contributed by atoms with E-state index in [4.69, 9.17) is 0 Å². The van der Waals surface area contributed by atoms with E-state index in [1.54, 1.807) is 6.92 Å². The van der Waals surface area contributed by atoms with E-state index in [1.807, 2.05) is 0 Å². The summed E-state index contributed by atoms with van der Waals surface area (Å²) in [6, 6.07) is 0. The Labute approximate surface area is 71.9 Å². The van der Waals surface area contributed by atoms with Crippen LogP contribution in [0.15, 0.2) is 0 Å². The molecule has 0 radical (unpaired) electrons. The summed E-state index contributed by atoms with van der Waals surface area (Å²) in [5.41, 5.74) is 0. The second kappa shape index (κ2) is 3.22. The molecule has 0 aliphatic carbocycles. The van der Waals surface area contributed by atoms with Crippen LogP contribution in [0.3, 0.4) is 0 Å². The molecule has 0 bridgehead atoms. The molecule has 4 heteroatoms. The van der Waals surface area contributed by atoms with E-state index in [2.05, 4.69) is 7.05 Å². The monoisotopic (exact) mass is 133 g/mol. The predicted molar refractivity (Wildman–Crippen MR) is 31.0 cm³/mol. The Balaban J connectivity index is 0.000000810. The van der Waals surface area contributed by atoms with Crippen molar-refractivity contribution in [1.82, 2.24) is 4.90 Å². The van der Waals surface area contributed by atoms with Gasteiger partial charge in [0.2, 0.25) is 5.91 Å². The molecule has 0 aromatic carbocycles. The van der Waals surface area contributed by atoms with Gasteiger partial charge in [-0.15, -0.1) is 0 Å². The van der Waals surface area contributed by atoms with Gasteiger partial charge in [-0.05, 0) is 0 Å². The molecule has 1 aliphatic rings. The van der Waals surface area contributed by atoms with Gasteiger partial charge in [-0.1, -0.05) is 6.92 Å². The summed E-state index contributed by atoms with van der Waals surface area (Å²) in [6.07, 6.45) is 0.322. The van der Waals surface area contributed by atoms with Crippen molar-refractivity contribution in [3.63, 3.8) is 0 Å². The van der Waals surface area contributed by atoms with E-state index in [-0.39, 0.29) is 36.6 Å². The molecule has 3 nitrogen and oxygen atoms in total. The number of hydrogen-bond acceptors (Lipinski definition) is 2. The fourth-order valence-corrected chi connectivity index (χ4v) is 0.848. The van der Waals surface area contributed by atoms with Crippen LogP contribution in [0.25, 0.3) is 0 Å². The van der Waals surface area contributed by atoms with E-state index in [0.717, 1.165) is 4.90 Å². The number of imide groups is 1. The molecule has 0 saturated carbocycles. The summed E-state index contributed by atoms with van der Waals surface area (Å²) in [6.45, 7) is 1.73. The molecule has 2 amide bonds. The van der Waals surface area contributed by atoms with E-state index in [0.29, 0.717) is 6.42 Å². The summed E-state index contributed by atoms with van der Waals surface area (Å²) in [5, 5.41) is 0. The molecule has 1 rings (SSSR count). The number of carbonyl (C=O) groups is 2. The average Bonchev–Trinajstić information content (AvgIpc) is 1.98. The topological polar surface area (TPSA) is 37.4 Å². The van der Waals surface area contributed by atoms with Crippen molar-refractivity contribution >= 4 is 11.8 Å². The summed E-state index contributed by atoms with van der Waals surface area (Å²) in [7, 11) is 3.28. The van der Waals surface area contributed by atoms with Gasteiger partial charge < -0.3 is 4.90 Å². The Morgan fingerprint density at radius 2 is 2.10 bits per heavy atom. The third-order valence-corrected chi connectivity index (χ3v) is 1.47. The zero-order chi connectivity index (χ0) is 7.02. The van der Waals surface area contributed by atoms with E-state index < -0.39 is 0 Å². The van der Waals surface area contributed by atoms with Gasteiger partial charge >= 0.3 is 18.9 Å². The van der Waals surface area contributed by atoms with Crippen molar-refractivity contribution in [2.24, 2.45) is 5.92 Å². The van der Waals surface area contributed by atoms with Crippen molar-refractivity contribution in [2.45, 2.75) is 13.3 Å². The standard InChI is InChI=1S/C6H8NO2.Li/c1-4-3-5(8)7(2)6(4)9;/h4H,2-3H2,1H3;/q-1;+1. The molecule has 50 valence electrons. The summed E-state index contributed by atoms with van der Waals surface area (Å²) in [4.78, 5) is 22.3. The molecular formula is C6H8LiNO2. The van der Waals surface area contributed by atoms with Crippen LogP contribution >= 0.6 is 0 Å². The molecule has 1 heterocycles. The zero-order valence-electron chi connectivity index (χ0n) is 6.26. The molecular weight excluding hydrogens is 125 g/mol. The summed E-state index contributed by atoms with van der Waals surface area (Å²) >= 11 is 0. The van der Waals surface area contributed by atoms with Crippen LogP contribution in [0.2, 0.25) is 0 Å². The largest absolute Gasteiger partial charge is 1.00 e. The first-order valence-corrected chi connectivity index (χ1v) is 2.80. The number of likely N-dealkylation sites (tertiary alicyclic amines) is 1. The fourth-order valence-electron chi connectivity index (χ4n) is 0.848. The normalized spacial score (nSPS) is 25.0. The van der Waals surface area contributed by atoms with Crippen molar-refractivity contribution in [3.05, 3.63) is 7.05 Å². The number of hydrogen-bond donors (Lipinski definition) is 0. The van der Waals surface area contributed by atoms with E-state index in [1.165, 1.54) is 0 Å². The van der Waals surface area contributed by atoms with E-state index >= 15 is 0 Å². The molecule has 1 saturated heterocycles. The van der Waals surface area contributed by atoms with Gasteiger partial charge in [0.25, 0.3) is 0 Å². The molecule has 0 aromatic rings. The van der Waals surface area contributed by atoms with Gasteiger partial charge in [0.05, 0.1) is 0 Å². The minimum Gasteiger partial charge on any atom is -0.438 e. The maximum atomic E-state index is 10.8. The molecule has 0 spiro atoms. The molecule has 0 N–H and O–H groups in total. The van der Waals surface area contributed by atoms with Gasteiger partial charge in [-0.25, -0.2) is 7.05 Å². The Kier molecular flexibility index (Phi) is 3.14. The summed E-state index contributed by atoms with van der Waals surface area (Å²) < 4.78 is 0. The van der Waals surface area contributed by atoms with Crippen LogP contribution < -0.4 is 18.9 Å². The number of amides is 2. The Morgan fingerprint density at radius 1 is 1.60 bits per heavy atom. The number of carbonyl (C=O) groups excluding carboxylic acids is 2. The maximum Gasteiger partial charge on any atom is 1.00 e. The van der Waals surface area contributed by atoms with Crippen LogP contribution in [0, 0.1) is 13.0 Å². The smallest absolute Gasteiger partial charge is 0.438 e. The molecule has 10 heavy (non-hydrogen) atoms. The summed E-state index contributed by atoms with van der Waals surface area (Å²) in [5.74, 6) is -0.498. The Bertz CT molecular complexity index is 169. The minimum atomic E-state index is -0.174. The molecule has 1 atom stereocenters. The first-order chi connectivity index (χ1) is 4.13. The minimum absolute atomic E-state index is 0. The SMILES string of the molecule is [CH2-]N1C(=O)CC(C)C1=O.[Li+]. The molecule has 1 aliphatic heterocycles. The van der Waals surface area contributed by atoms with Crippen molar-refractivity contribution in [1.29, 1.82) is 0 Å². The van der Waals surface area contributed by atoms with Crippen molar-refractivity contribution in [3.8, 4) is 0 Å². The molecule has 0 aromatic heterocycles. The zero-order valence-corrected chi connectivity index (χ0v) is 6.26. The first-order valence-electron chi connectivity index (χ1n) is 2.80. The van der Waals surface area contributed by atoms with Crippen molar-refractivity contribution < 1.29 is 28.4 Å². The third-order valence-electron chi connectivity index (χ3n) is 1.47. The second-order valence-corrected chi connectivity index (χ2v) is 2.27. The van der Waals surface area contributed by atoms with Crippen molar-refractivity contribution in [2.75, 3.05) is 0 Å². The van der Waals surface area contributed by atoms with Crippen LogP contribution in [-0.4, -0.2) is 16.7 Å². The van der Waals surface area contributed by atoms with Crippen LogP contribution in [0.5, 0.6) is 0 Å². The maximum absolute atomic E-state index is 10.8. The van der Waals surface area contributed by atoms with Gasteiger partial charge in [-0.3, -0.25) is 9.59 Å². The molecule has 1 fully saturated rings. The van der Waals surface area contributed by atoms with Crippen LogP contribution in [0.4, 0.5) is 0 Å². The predicted octanol–water partition coefficient (Wildman–Crippen LogP) is -2.82.